The molecule has 0 radical (unpaired) electrons. The van der Waals surface area contributed by atoms with Gasteiger partial charge < -0.3 is 9.47 Å². The molecular formula is C24H32ClNO5S. The molecule has 0 aliphatic rings. The summed E-state index contributed by atoms with van der Waals surface area (Å²) >= 11 is 5.64. The van der Waals surface area contributed by atoms with E-state index in [1.807, 2.05) is 44.2 Å². The van der Waals surface area contributed by atoms with E-state index in [-0.39, 0.29) is 17.4 Å². The van der Waals surface area contributed by atoms with E-state index in [9.17, 15) is 13.2 Å². The monoisotopic (exact) mass is 481 g/mol. The molecule has 0 aliphatic heterocycles. The van der Waals surface area contributed by atoms with Crippen molar-refractivity contribution in [2.75, 3.05) is 12.5 Å². The van der Waals surface area contributed by atoms with Gasteiger partial charge in [-0.2, -0.15) is 4.31 Å². The van der Waals surface area contributed by atoms with Crippen LogP contribution in [0, 0.1) is 5.92 Å². The van der Waals surface area contributed by atoms with Crippen molar-refractivity contribution in [2.45, 2.75) is 57.7 Å². The van der Waals surface area contributed by atoms with E-state index in [0.717, 1.165) is 5.56 Å². The molecule has 0 amide bonds. The lowest BCUT2D eigenvalue weighted by Crippen LogP contribution is -2.49. The molecule has 0 spiro atoms. The van der Waals surface area contributed by atoms with Gasteiger partial charge in [-0.25, -0.2) is 8.42 Å². The number of hydrogen-bond acceptors (Lipinski definition) is 5. The number of benzene rings is 2. The fourth-order valence-corrected chi connectivity index (χ4v) is 4.96. The topological polar surface area (TPSA) is 72.9 Å². The van der Waals surface area contributed by atoms with E-state index in [4.69, 9.17) is 21.1 Å². The highest BCUT2D eigenvalue weighted by Crippen LogP contribution is 2.28. The number of sulfonamides is 1. The number of carbonyl (C=O) groups is 1. The van der Waals surface area contributed by atoms with Gasteiger partial charge >= 0.3 is 5.97 Å². The lowest BCUT2D eigenvalue weighted by Gasteiger charge is -2.34. The quantitative estimate of drug-likeness (QED) is 0.358. The molecule has 0 bridgehead atoms. The minimum Gasteiger partial charge on any atom is -0.492 e. The maximum atomic E-state index is 13.7. The summed E-state index contributed by atoms with van der Waals surface area (Å²) in [6.45, 7) is 9.27. The second-order valence-electron chi connectivity index (χ2n) is 8.77. The van der Waals surface area contributed by atoms with Gasteiger partial charge in [0.15, 0.2) is 0 Å². The van der Waals surface area contributed by atoms with Gasteiger partial charge in [0, 0.05) is 6.54 Å². The summed E-state index contributed by atoms with van der Waals surface area (Å²) in [5.41, 5.74) is 0.0284. The largest absolute Gasteiger partial charge is 0.492 e. The third-order valence-corrected chi connectivity index (χ3v) is 6.54. The van der Waals surface area contributed by atoms with E-state index >= 15 is 0 Å². The van der Waals surface area contributed by atoms with Crippen LogP contribution < -0.4 is 4.74 Å². The van der Waals surface area contributed by atoms with Crippen molar-refractivity contribution in [3.05, 3.63) is 60.2 Å². The zero-order valence-corrected chi connectivity index (χ0v) is 20.8. The molecule has 0 heterocycles. The van der Waals surface area contributed by atoms with Crippen molar-refractivity contribution in [1.82, 2.24) is 4.31 Å². The third kappa shape index (κ3) is 7.22. The van der Waals surface area contributed by atoms with Gasteiger partial charge in [-0.05, 0) is 56.5 Å². The molecule has 8 heteroatoms. The molecule has 32 heavy (non-hydrogen) atoms. The number of carbonyl (C=O) groups excluding carboxylic acids is 1. The third-order valence-electron chi connectivity index (χ3n) is 4.55. The average Bonchev–Trinajstić information content (AvgIpc) is 2.71. The average molecular weight is 482 g/mol. The SMILES string of the molecule is CC(C)[C@H](C(=O)OC(C)(C)C)N(Cc1ccccc1)S(=O)(=O)c1ccc(OCCCl)cc1. The number of alkyl halides is 1. The van der Waals surface area contributed by atoms with Gasteiger partial charge in [0.2, 0.25) is 10.0 Å². The Morgan fingerprint density at radius 1 is 1.03 bits per heavy atom. The van der Waals surface area contributed by atoms with E-state index < -0.39 is 27.6 Å². The van der Waals surface area contributed by atoms with Crippen LogP contribution in [0.15, 0.2) is 59.5 Å². The molecule has 6 nitrogen and oxygen atoms in total. The van der Waals surface area contributed by atoms with E-state index in [1.54, 1.807) is 32.9 Å². The Balaban J connectivity index is 2.49. The maximum Gasteiger partial charge on any atom is 0.325 e. The minimum absolute atomic E-state index is 0.0375. The van der Waals surface area contributed by atoms with Crippen molar-refractivity contribution in [2.24, 2.45) is 5.92 Å². The van der Waals surface area contributed by atoms with Gasteiger partial charge in [-0.1, -0.05) is 44.2 Å². The smallest absolute Gasteiger partial charge is 0.325 e. The van der Waals surface area contributed by atoms with Crippen LogP contribution in [0.2, 0.25) is 0 Å². The fraction of sp³-hybridized carbons (Fsp3) is 0.458. The van der Waals surface area contributed by atoms with Crippen LogP contribution >= 0.6 is 11.6 Å². The molecule has 0 fully saturated rings. The first-order chi connectivity index (χ1) is 15.0. The second kappa shape index (κ2) is 11.2. The first kappa shape index (κ1) is 26.2. The Labute approximate surface area is 196 Å². The van der Waals surface area contributed by atoms with Crippen molar-refractivity contribution in [3.63, 3.8) is 0 Å². The van der Waals surface area contributed by atoms with Crippen LogP contribution in [0.1, 0.15) is 40.2 Å². The number of halogens is 1. The summed E-state index contributed by atoms with van der Waals surface area (Å²) in [7, 11) is -4.03. The maximum absolute atomic E-state index is 13.7. The number of rotatable bonds is 10. The van der Waals surface area contributed by atoms with Gasteiger partial charge in [-0.15, -0.1) is 11.6 Å². The molecule has 0 N–H and O–H groups in total. The number of hydrogen-bond donors (Lipinski definition) is 0. The Hall–Kier alpha value is -2.09. The summed E-state index contributed by atoms with van der Waals surface area (Å²) < 4.78 is 39.7. The number of ether oxygens (including phenoxy) is 2. The first-order valence-corrected chi connectivity index (χ1v) is 12.5. The normalized spacial score (nSPS) is 13.2. The van der Waals surface area contributed by atoms with Crippen molar-refractivity contribution in [1.29, 1.82) is 0 Å². The van der Waals surface area contributed by atoms with Gasteiger partial charge in [0.05, 0.1) is 10.8 Å². The molecule has 0 unspecified atom stereocenters. The van der Waals surface area contributed by atoms with Crippen molar-refractivity contribution < 1.29 is 22.7 Å². The number of nitrogens with zero attached hydrogens (tertiary/aromatic N) is 1. The second-order valence-corrected chi connectivity index (χ2v) is 11.0. The van der Waals surface area contributed by atoms with E-state index in [1.165, 1.54) is 16.4 Å². The highest BCUT2D eigenvalue weighted by atomic mass is 35.5. The molecule has 0 saturated carbocycles. The highest BCUT2D eigenvalue weighted by Gasteiger charge is 2.40. The molecule has 2 aromatic carbocycles. The number of esters is 1. The lowest BCUT2D eigenvalue weighted by molar-refractivity contribution is -0.161. The van der Waals surface area contributed by atoms with Crippen LogP contribution in [-0.4, -0.2) is 42.8 Å². The molecule has 2 rings (SSSR count). The zero-order valence-electron chi connectivity index (χ0n) is 19.2. The van der Waals surface area contributed by atoms with Crippen molar-refractivity contribution in [3.8, 4) is 5.75 Å². The van der Waals surface area contributed by atoms with Crippen LogP contribution in [0.5, 0.6) is 5.75 Å². The van der Waals surface area contributed by atoms with Crippen molar-refractivity contribution >= 4 is 27.6 Å². The summed E-state index contributed by atoms with van der Waals surface area (Å²) in [4.78, 5) is 13.2. The molecule has 176 valence electrons. The molecule has 0 saturated heterocycles. The lowest BCUT2D eigenvalue weighted by atomic mass is 10.0. The Kier molecular flexibility index (Phi) is 9.13. The Morgan fingerprint density at radius 2 is 1.62 bits per heavy atom. The molecule has 1 atom stereocenters. The molecule has 0 aromatic heterocycles. The highest BCUT2D eigenvalue weighted by molar-refractivity contribution is 7.89. The zero-order chi connectivity index (χ0) is 23.9. The van der Waals surface area contributed by atoms with Gasteiger partial charge in [0.25, 0.3) is 0 Å². The van der Waals surface area contributed by atoms with Gasteiger partial charge in [-0.3, -0.25) is 4.79 Å². The van der Waals surface area contributed by atoms with Crippen LogP contribution in [0.3, 0.4) is 0 Å². The molecule has 2 aromatic rings. The molecule has 0 aliphatic carbocycles. The van der Waals surface area contributed by atoms with Crippen LogP contribution in [0.25, 0.3) is 0 Å². The standard InChI is InChI=1S/C24H32ClNO5S/c1-18(2)22(23(27)31-24(3,4)5)26(17-19-9-7-6-8-10-19)32(28,29)21-13-11-20(12-14-21)30-16-15-25/h6-14,18,22H,15-17H2,1-5H3/t22-/m1/s1. The van der Waals surface area contributed by atoms with E-state index in [0.29, 0.717) is 18.2 Å². The van der Waals surface area contributed by atoms with Crippen LogP contribution in [0.4, 0.5) is 0 Å². The Bertz CT molecular complexity index is 970. The predicted molar refractivity (Wildman–Crippen MR) is 126 cm³/mol. The van der Waals surface area contributed by atoms with Gasteiger partial charge in [0.1, 0.15) is 24.0 Å². The van der Waals surface area contributed by atoms with Crippen LogP contribution in [-0.2, 0) is 26.1 Å². The summed E-state index contributed by atoms with van der Waals surface area (Å²) in [5, 5.41) is 0. The summed E-state index contributed by atoms with van der Waals surface area (Å²) in [6.07, 6.45) is 0. The fourth-order valence-electron chi connectivity index (χ4n) is 3.18. The first-order valence-electron chi connectivity index (χ1n) is 10.5. The summed E-state index contributed by atoms with van der Waals surface area (Å²) in [5.74, 6) is -0.0351. The summed E-state index contributed by atoms with van der Waals surface area (Å²) in [6, 6.07) is 14.3. The van der Waals surface area contributed by atoms with E-state index in [2.05, 4.69) is 0 Å². The molecular weight excluding hydrogens is 450 g/mol. The predicted octanol–water partition coefficient (Wildman–Crippen LogP) is 4.86. The minimum atomic E-state index is -4.03. The Morgan fingerprint density at radius 3 is 2.12 bits per heavy atom.